The minimum absolute atomic E-state index is 0.0968. The molecular weight excluding hydrogens is 385 g/mol. The summed E-state index contributed by atoms with van der Waals surface area (Å²) in [7, 11) is 0. The summed E-state index contributed by atoms with van der Waals surface area (Å²) in [6.45, 7) is 2.94. The summed E-state index contributed by atoms with van der Waals surface area (Å²) < 4.78 is 30.7. The van der Waals surface area contributed by atoms with Crippen LogP contribution in [0.5, 0.6) is 17.4 Å². The molecule has 30 heavy (non-hydrogen) atoms. The van der Waals surface area contributed by atoms with Gasteiger partial charge in [-0.1, -0.05) is 11.8 Å². The fraction of sp³-hybridized carbons (Fsp3) is 0.391. The number of rotatable bonds is 5. The average molecular weight is 409 g/mol. The molecule has 2 heterocycles. The normalized spacial score (nSPS) is 17.0. The second-order valence-corrected chi connectivity index (χ2v) is 8.20. The van der Waals surface area contributed by atoms with Crippen LogP contribution in [0.15, 0.2) is 30.5 Å². The smallest absolute Gasteiger partial charge is 0.279 e. The Morgan fingerprint density at radius 2 is 2.13 bits per heavy atom. The average Bonchev–Trinajstić information content (AvgIpc) is 3.52. The van der Waals surface area contributed by atoms with Crippen molar-refractivity contribution in [1.82, 2.24) is 4.98 Å². The van der Waals surface area contributed by atoms with Gasteiger partial charge in [0, 0.05) is 22.6 Å². The molecule has 4 rings (SSSR count). The van der Waals surface area contributed by atoms with Crippen LogP contribution < -0.4 is 15.2 Å². The van der Waals surface area contributed by atoms with E-state index < -0.39 is 5.67 Å². The van der Waals surface area contributed by atoms with Gasteiger partial charge in [0.05, 0.1) is 12.1 Å². The number of hydrogen-bond donors (Lipinski definition) is 2. The third-order valence-electron chi connectivity index (χ3n) is 4.81. The van der Waals surface area contributed by atoms with Crippen LogP contribution in [0, 0.1) is 23.2 Å². The van der Waals surface area contributed by atoms with Gasteiger partial charge >= 0.3 is 0 Å². The Kier molecular flexibility index (Phi) is 5.25. The topological polar surface area (TPSA) is 90.5 Å². The van der Waals surface area contributed by atoms with Crippen LogP contribution >= 0.6 is 0 Å². The Labute approximate surface area is 175 Å². The molecule has 0 radical (unpaired) electrons. The van der Waals surface area contributed by atoms with Crippen molar-refractivity contribution >= 4 is 6.02 Å². The van der Waals surface area contributed by atoms with Crippen LogP contribution in [-0.4, -0.2) is 29.9 Å². The molecule has 1 aromatic heterocycles. The summed E-state index contributed by atoms with van der Waals surface area (Å²) in [6.07, 6.45) is 3.83. The first kappa shape index (κ1) is 20.0. The lowest BCUT2D eigenvalue weighted by Crippen LogP contribution is -2.24. The number of pyridine rings is 1. The van der Waals surface area contributed by atoms with Gasteiger partial charge in [0.1, 0.15) is 30.4 Å². The molecular formula is C23H24FN3O3. The van der Waals surface area contributed by atoms with E-state index in [4.69, 9.17) is 25.4 Å². The molecule has 2 aliphatic rings. The van der Waals surface area contributed by atoms with E-state index in [-0.39, 0.29) is 25.2 Å². The van der Waals surface area contributed by atoms with E-state index in [0.717, 1.165) is 29.5 Å². The number of nitrogens with zero attached hydrogens (tertiary/aromatic N) is 1. The highest BCUT2D eigenvalue weighted by Crippen LogP contribution is 2.44. The molecule has 1 aromatic carbocycles. The molecule has 0 bridgehead atoms. The first-order valence-corrected chi connectivity index (χ1v) is 9.90. The van der Waals surface area contributed by atoms with Crippen molar-refractivity contribution < 1.29 is 18.6 Å². The molecule has 7 heteroatoms. The maximum absolute atomic E-state index is 13.8. The SMILES string of the molecule is CC(C)(F)COc1cnc2c(c1)[C@H](COC(=N)N)c1cc(C#CC3CC3)ccc1O2. The van der Waals surface area contributed by atoms with Gasteiger partial charge in [0.15, 0.2) is 0 Å². The molecule has 3 N–H and O–H groups in total. The van der Waals surface area contributed by atoms with Gasteiger partial charge in [-0.15, -0.1) is 0 Å². The number of nitrogens with one attached hydrogen (secondary N) is 1. The van der Waals surface area contributed by atoms with E-state index >= 15 is 0 Å². The van der Waals surface area contributed by atoms with Crippen LogP contribution in [0.25, 0.3) is 0 Å². The number of benzene rings is 1. The van der Waals surface area contributed by atoms with E-state index in [1.54, 1.807) is 6.07 Å². The zero-order valence-corrected chi connectivity index (χ0v) is 17.0. The number of nitrogens with two attached hydrogens (primary N) is 1. The van der Waals surface area contributed by atoms with Crippen molar-refractivity contribution in [2.24, 2.45) is 11.7 Å². The lowest BCUT2D eigenvalue weighted by atomic mass is 9.89. The minimum atomic E-state index is -1.47. The number of hydrogen-bond acceptors (Lipinski definition) is 5. The molecule has 0 spiro atoms. The number of halogens is 1. The number of ether oxygens (including phenoxy) is 3. The summed E-state index contributed by atoms with van der Waals surface area (Å²) in [5, 5.41) is 7.44. The van der Waals surface area contributed by atoms with Gasteiger partial charge in [0.2, 0.25) is 5.88 Å². The number of aromatic nitrogens is 1. The fourth-order valence-corrected chi connectivity index (χ4v) is 3.15. The minimum Gasteiger partial charge on any atom is -0.489 e. The lowest BCUT2D eigenvalue weighted by Gasteiger charge is -2.28. The highest BCUT2D eigenvalue weighted by molar-refractivity contribution is 5.67. The Balaban J connectivity index is 1.67. The molecule has 156 valence electrons. The van der Waals surface area contributed by atoms with Crippen molar-refractivity contribution in [2.75, 3.05) is 13.2 Å². The van der Waals surface area contributed by atoms with Gasteiger partial charge in [-0.25, -0.2) is 9.37 Å². The van der Waals surface area contributed by atoms with Crippen molar-refractivity contribution in [2.45, 2.75) is 38.3 Å². The van der Waals surface area contributed by atoms with Crippen molar-refractivity contribution in [3.05, 3.63) is 47.2 Å². The lowest BCUT2D eigenvalue weighted by molar-refractivity contribution is 0.120. The van der Waals surface area contributed by atoms with Crippen LogP contribution in [0.1, 0.15) is 49.3 Å². The second-order valence-electron chi connectivity index (χ2n) is 8.20. The Bertz CT molecular complexity index is 1030. The molecule has 2 aromatic rings. The largest absolute Gasteiger partial charge is 0.489 e. The van der Waals surface area contributed by atoms with Gasteiger partial charge in [-0.3, -0.25) is 5.41 Å². The van der Waals surface area contributed by atoms with Crippen molar-refractivity contribution in [3.63, 3.8) is 0 Å². The molecule has 0 unspecified atom stereocenters. The first-order valence-electron chi connectivity index (χ1n) is 9.90. The van der Waals surface area contributed by atoms with Gasteiger partial charge < -0.3 is 19.9 Å². The molecule has 1 atom stereocenters. The number of amidine groups is 1. The van der Waals surface area contributed by atoms with Crippen LogP contribution in [-0.2, 0) is 4.74 Å². The highest BCUT2D eigenvalue weighted by atomic mass is 19.1. The fourth-order valence-electron chi connectivity index (χ4n) is 3.15. The van der Waals surface area contributed by atoms with E-state index in [9.17, 15) is 4.39 Å². The predicted octanol–water partition coefficient (Wildman–Crippen LogP) is 4.12. The van der Waals surface area contributed by atoms with Gasteiger partial charge in [0.25, 0.3) is 6.02 Å². The van der Waals surface area contributed by atoms with Gasteiger partial charge in [-0.05, 0) is 51.0 Å². The van der Waals surface area contributed by atoms with E-state index in [2.05, 4.69) is 16.8 Å². The third kappa shape index (κ3) is 4.82. The van der Waals surface area contributed by atoms with Crippen molar-refractivity contribution in [1.29, 1.82) is 5.41 Å². The summed E-state index contributed by atoms with van der Waals surface area (Å²) in [5.74, 6) is 8.20. The predicted molar refractivity (Wildman–Crippen MR) is 111 cm³/mol. The molecule has 0 amide bonds. The second kappa shape index (κ2) is 7.86. The summed E-state index contributed by atoms with van der Waals surface area (Å²) in [4.78, 5) is 4.35. The molecule has 1 saturated carbocycles. The molecule has 0 saturated heterocycles. The first-order chi connectivity index (χ1) is 14.3. The third-order valence-corrected chi connectivity index (χ3v) is 4.81. The quantitative estimate of drug-likeness (QED) is 0.440. The Hall–Kier alpha value is -3.27. The zero-order chi connectivity index (χ0) is 21.3. The molecule has 1 aliphatic carbocycles. The highest BCUT2D eigenvalue weighted by Gasteiger charge is 2.30. The molecule has 1 fully saturated rings. The van der Waals surface area contributed by atoms with E-state index in [1.165, 1.54) is 20.0 Å². The summed E-state index contributed by atoms with van der Waals surface area (Å²) in [5.41, 5.74) is 6.44. The molecule has 1 aliphatic heterocycles. The van der Waals surface area contributed by atoms with Crippen molar-refractivity contribution in [3.8, 4) is 29.2 Å². The van der Waals surface area contributed by atoms with E-state index in [1.807, 2.05) is 18.2 Å². The molecule has 6 nitrogen and oxygen atoms in total. The van der Waals surface area contributed by atoms with E-state index in [0.29, 0.717) is 23.3 Å². The standard InChI is InChI=1S/C23H24FN3O3/c1-23(2,24)13-29-16-10-18-19(12-28-22(25)26)17-9-15(6-5-14-3-4-14)7-8-20(17)30-21(18)27-11-16/h7-11,14,19H,3-4,12-13H2,1-2H3,(H3,25,26)/t19-/m1/s1. The van der Waals surface area contributed by atoms with Crippen LogP contribution in [0.4, 0.5) is 4.39 Å². The maximum Gasteiger partial charge on any atom is 0.279 e. The Morgan fingerprint density at radius 1 is 1.33 bits per heavy atom. The van der Waals surface area contributed by atoms with Crippen LogP contribution in [0.2, 0.25) is 0 Å². The van der Waals surface area contributed by atoms with Crippen LogP contribution in [0.3, 0.4) is 0 Å². The zero-order valence-electron chi connectivity index (χ0n) is 17.0. The number of alkyl halides is 1. The van der Waals surface area contributed by atoms with Gasteiger partial charge in [-0.2, -0.15) is 0 Å². The number of fused-ring (bicyclic) bond motifs is 2. The Morgan fingerprint density at radius 3 is 2.83 bits per heavy atom. The summed E-state index contributed by atoms with van der Waals surface area (Å²) >= 11 is 0. The summed E-state index contributed by atoms with van der Waals surface area (Å²) in [6, 6.07) is 7.17. The monoisotopic (exact) mass is 409 g/mol. The maximum atomic E-state index is 13.8.